The van der Waals surface area contributed by atoms with Gasteiger partial charge < -0.3 is 15.8 Å². The van der Waals surface area contributed by atoms with Gasteiger partial charge in [0.25, 0.3) is 0 Å². The molecular formula is C15H19Cl2N3O3. The summed E-state index contributed by atoms with van der Waals surface area (Å²) >= 11 is 11.5. The average molecular weight is 360 g/mol. The number of hydrogen-bond donors (Lipinski definition) is 2. The van der Waals surface area contributed by atoms with Crippen LogP contribution in [0.2, 0.25) is 5.02 Å². The predicted molar refractivity (Wildman–Crippen MR) is 89.9 cm³/mol. The molecule has 0 radical (unpaired) electrons. The molecule has 2 amide bonds. The van der Waals surface area contributed by atoms with Crippen LogP contribution in [0.25, 0.3) is 0 Å². The van der Waals surface area contributed by atoms with Gasteiger partial charge in [0.15, 0.2) is 6.23 Å². The molecule has 0 bridgehead atoms. The molecule has 0 fully saturated rings. The first kappa shape index (κ1) is 17.8. The lowest BCUT2D eigenvalue weighted by atomic mass is 10.1. The number of amides is 2. The molecule has 2 atom stereocenters. The Morgan fingerprint density at radius 3 is 2.91 bits per heavy atom. The van der Waals surface area contributed by atoms with Crippen LogP contribution in [0.3, 0.4) is 0 Å². The number of hydrogen-bond acceptors (Lipinski definition) is 4. The molecule has 1 aliphatic rings. The van der Waals surface area contributed by atoms with Gasteiger partial charge in [-0.25, -0.2) is 4.79 Å². The van der Waals surface area contributed by atoms with Gasteiger partial charge >= 0.3 is 6.09 Å². The zero-order valence-electron chi connectivity index (χ0n) is 12.7. The monoisotopic (exact) mass is 359 g/mol. The molecule has 6 nitrogen and oxygen atoms in total. The molecule has 0 saturated heterocycles. The van der Waals surface area contributed by atoms with Crippen molar-refractivity contribution >= 4 is 40.9 Å². The van der Waals surface area contributed by atoms with Crippen LogP contribution in [-0.2, 0) is 16.0 Å². The van der Waals surface area contributed by atoms with E-state index in [1.165, 1.54) is 4.90 Å². The van der Waals surface area contributed by atoms with Gasteiger partial charge in [-0.2, -0.15) is 0 Å². The van der Waals surface area contributed by atoms with Crippen molar-refractivity contribution < 1.29 is 14.3 Å². The lowest BCUT2D eigenvalue weighted by Gasteiger charge is -2.27. The second kappa shape index (κ2) is 7.86. The number of nitrogens with two attached hydrogens (primary N) is 1. The van der Waals surface area contributed by atoms with Crippen molar-refractivity contribution in [3.8, 4) is 0 Å². The van der Waals surface area contributed by atoms with Gasteiger partial charge in [-0.1, -0.05) is 18.5 Å². The minimum atomic E-state index is -0.746. The number of fused-ring (bicyclic) bond motifs is 1. The maximum absolute atomic E-state index is 12.6. The molecular weight excluding hydrogens is 341 g/mol. The van der Waals surface area contributed by atoms with Crippen molar-refractivity contribution in [1.82, 2.24) is 5.32 Å². The number of carbonyl (C=O) groups excluding carboxylic acids is 2. The van der Waals surface area contributed by atoms with E-state index in [0.717, 1.165) is 5.56 Å². The number of carbonyl (C=O) groups is 2. The van der Waals surface area contributed by atoms with Crippen LogP contribution in [-0.4, -0.2) is 36.7 Å². The summed E-state index contributed by atoms with van der Waals surface area (Å²) in [6, 6.07) is 4.52. The summed E-state index contributed by atoms with van der Waals surface area (Å²) in [4.78, 5) is 25.8. The SMILES string of the molecule is CC[C@H](N)C(=O)N1c2ccc(Cl)cc2C[C@@H]1OC(=O)NCCCl. The Kier molecular flexibility index (Phi) is 6.10. The number of benzene rings is 1. The summed E-state index contributed by atoms with van der Waals surface area (Å²) in [7, 11) is 0. The molecule has 1 aliphatic heterocycles. The number of halogens is 2. The third kappa shape index (κ3) is 4.07. The quantitative estimate of drug-likeness (QED) is 0.789. The third-order valence-corrected chi connectivity index (χ3v) is 4.01. The minimum absolute atomic E-state index is 0.277. The molecule has 0 aliphatic carbocycles. The molecule has 1 aromatic rings. The van der Waals surface area contributed by atoms with Gasteiger partial charge in [-0.3, -0.25) is 9.69 Å². The van der Waals surface area contributed by atoms with Gasteiger partial charge in [-0.05, 0) is 30.2 Å². The third-order valence-electron chi connectivity index (χ3n) is 3.58. The van der Waals surface area contributed by atoms with Gasteiger partial charge in [0, 0.05) is 23.9 Å². The van der Waals surface area contributed by atoms with Crippen LogP contribution in [0.5, 0.6) is 0 Å². The van der Waals surface area contributed by atoms with Crippen molar-refractivity contribution in [3.63, 3.8) is 0 Å². The van der Waals surface area contributed by atoms with Crippen LogP contribution in [0.15, 0.2) is 18.2 Å². The summed E-state index contributed by atoms with van der Waals surface area (Å²) in [5.41, 5.74) is 7.37. The van der Waals surface area contributed by atoms with Gasteiger partial charge in [-0.15, -0.1) is 11.6 Å². The molecule has 3 N–H and O–H groups in total. The van der Waals surface area contributed by atoms with Crippen LogP contribution in [0, 0.1) is 0 Å². The van der Waals surface area contributed by atoms with Crippen molar-refractivity contribution in [2.24, 2.45) is 5.73 Å². The fourth-order valence-corrected chi connectivity index (χ4v) is 2.70. The summed E-state index contributed by atoms with van der Waals surface area (Å²) in [6.45, 7) is 2.11. The zero-order chi connectivity index (χ0) is 17.0. The molecule has 0 aromatic heterocycles. The molecule has 0 spiro atoms. The Labute approximate surface area is 144 Å². The molecule has 8 heteroatoms. The van der Waals surface area contributed by atoms with Crippen molar-refractivity contribution in [2.45, 2.75) is 32.0 Å². The number of nitrogens with zero attached hydrogens (tertiary/aromatic N) is 1. The first-order valence-corrected chi connectivity index (χ1v) is 8.26. The molecule has 1 aromatic carbocycles. The Morgan fingerprint density at radius 1 is 1.52 bits per heavy atom. The molecule has 1 heterocycles. The Balaban J connectivity index is 2.23. The lowest BCUT2D eigenvalue weighted by molar-refractivity contribution is -0.121. The second-order valence-electron chi connectivity index (χ2n) is 5.18. The average Bonchev–Trinajstić information content (AvgIpc) is 2.87. The highest BCUT2D eigenvalue weighted by Crippen LogP contribution is 2.35. The number of rotatable bonds is 5. The fourth-order valence-electron chi connectivity index (χ4n) is 2.41. The lowest BCUT2D eigenvalue weighted by Crippen LogP contribution is -2.49. The minimum Gasteiger partial charge on any atom is -0.425 e. The molecule has 23 heavy (non-hydrogen) atoms. The van der Waals surface area contributed by atoms with E-state index < -0.39 is 18.4 Å². The smallest absolute Gasteiger partial charge is 0.409 e. The second-order valence-corrected chi connectivity index (χ2v) is 5.99. The number of alkyl halides is 1. The Bertz CT molecular complexity index is 597. The Morgan fingerprint density at radius 2 is 2.26 bits per heavy atom. The van der Waals surface area contributed by atoms with E-state index in [1.54, 1.807) is 18.2 Å². The highest BCUT2D eigenvalue weighted by molar-refractivity contribution is 6.30. The van der Waals surface area contributed by atoms with Crippen LogP contribution in [0.4, 0.5) is 10.5 Å². The van der Waals surface area contributed by atoms with E-state index >= 15 is 0 Å². The normalized spacial score (nSPS) is 17.6. The number of alkyl carbamates (subject to hydrolysis) is 1. The van der Waals surface area contributed by atoms with Gasteiger partial charge in [0.2, 0.25) is 5.91 Å². The molecule has 2 rings (SSSR count). The van der Waals surface area contributed by atoms with Crippen molar-refractivity contribution in [2.75, 3.05) is 17.3 Å². The fraction of sp³-hybridized carbons (Fsp3) is 0.467. The topological polar surface area (TPSA) is 84.7 Å². The number of ether oxygens (including phenoxy) is 1. The number of anilines is 1. The summed E-state index contributed by atoms with van der Waals surface area (Å²) in [5.74, 6) is -0.0115. The maximum atomic E-state index is 12.6. The summed E-state index contributed by atoms with van der Waals surface area (Å²) in [6.07, 6.45) is -0.517. The van der Waals surface area contributed by atoms with E-state index in [2.05, 4.69) is 5.32 Å². The molecule has 0 unspecified atom stereocenters. The highest BCUT2D eigenvalue weighted by Gasteiger charge is 2.38. The van der Waals surface area contributed by atoms with Gasteiger partial charge in [0.1, 0.15) is 0 Å². The van der Waals surface area contributed by atoms with E-state index in [9.17, 15) is 9.59 Å². The molecule has 126 valence electrons. The van der Waals surface area contributed by atoms with Crippen LogP contribution in [0.1, 0.15) is 18.9 Å². The van der Waals surface area contributed by atoms with Gasteiger partial charge in [0.05, 0.1) is 11.7 Å². The Hall–Kier alpha value is -1.50. The first-order valence-electron chi connectivity index (χ1n) is 7.35. The van der Waals surface area contributed by atoms with E-state index in [1.807, 2.05) is 6.92 Å². The van der Waals surface area contributed by atoms with E-state index in [-0.39, 0.29) is 18.3 Å². The number of nitrogens with one attached hydrogen (secondary N) is 1. The van der Waals surface area contributed by atoms with E-state index in [0.29, 0.717) is 23.6 Å². The molecule has 0 saturated carbocycles. The largest absolute Gasteiger partial charge is 0.425 e. The maximum Gasteiger partial charge on any atom is 0.409 e. The summed E-state index contributed by atoms with van der Waals surface area (Å²) in [5, 5.41) is 3.07. The standard InChI is InChI=1S/C15H19Cl2N3O3/c1-2-11(18)14(21)20-12-4-3-10(17)7-9(12)8-13(20)23-15(22)19-6-5-16/h3-4,7,11,13H,2,5-6,8,18H2,1H3,(H,19,22)/t11-,13-/m0/s1. The zero-order valence-corrected chi connectivity index (χ0v) is 14.2. The van der Waals surface area contributed by atoms with Crippen molar-refractivity contribution in [1.29, 1.82) is 0 Å². The summed E-state index contributed by atoms with van der Waals surface area (Å²) < 4.78 is 5.36. The van der Waals surface area contributed by atoms with E-state index in [4.69, 9.17) is 33.7 Å². The van der Waals surface area contributed by atoms with Crippen LogP contribution < -0.4 is 16.0 Å². The predicted octanol–water partition coefficient (Wildman–Crippen LogP) is 2.26. The highest BCUT2D eigenvalue weighted by atomic mass is 35.5. The first-order chi connectivity index (χ1) is 11.0. The van der Waals surface area contributed by atoms with Crippen LogP contribution >= 0.6 is 23.2 Å². The van der Waals surface area contributed by atoms with Crippen molar-refractivity contribution in [3.05, 3.63) is 28.8 Å².